The molecule has 0 aliphatic rings. The van der Waals surface area contributed by atoms with Crippen molar-refractivity contribution < 1.29 is 14.3 Å². The molecular weight excluding hydrogens is 156 g/mol. The van der Waals surface area contributed by atoms with E-state index in [1.165, 1.54) is 0 Å². The molecule has 0 radical (unpaired) electrons. The minimum Gasteiger partial charge on any atom is -0.466 e. The van der Waals surface area contributed by atoms with Gasteiger partial charge in [-0.25, -0.2) is 0 Å². The maximum absolute atomic E-state index is 10.4. The molecule has 0 saturated carbocycles. The van der Waals surface area contributed by atoms with Crippen molar-refractivity contribution in [2.45, 2.75) is 6.92 Å². The van der Waals surface area contributed by atoms with Crippen LogP contribution in [0, 0.1) is 0 Å². The second kappa shape index (κ2) is 5.11. The zero-order valence-electron chi connectivity index (χ0n) is 5.72. The summed E-state index contributed by atoms with van der Waals surface area (Å²) in [5, 5.41) is 0. The van der Waals surface area contributed by atoms with E-state index >= 15 is 0 Å². The van der Waals surface area contributed by atoms with E-state index in [1.54, 1.807) is 6.92 Å². The molecule has 0 aliphatic heterocycles. The molecule has 0 N–H and O–H groups in total. The minimum atomic E-state index is -0.555. The van der Waals surface area contributed by atoms with Crippen molar-refractivity contribution in [3.8, 4) is 0 Å². The summed E-state index contributed by atoms with van der Waals surface area (Å²) in [5.41, 5.74) is 0. The highest BCUT2D eigenvalue weighted by Gasteiger charge is 2.02. The molecule has 0 bridgehead atoms. The van der Waals surface area contributed by atoms with Crippen LogP contribution >= 0.6 is 11.6 Å². The van der Waals surface area contributed by atoms with Gasteiger partial charge in [0.2, 0.25) is 0 Å². The Hall–Kier alpha value is -0.700. The van der Waals surface area contributed by atoms with Gasteiger partial charge in [-0.15, -0.1) is 11.6 Å². The Labute approximate surface area is 64.6 Å². The van der Waals surface area contributed by atoms with Crippen molar-refractivity contribution in [2.75, 3.05) is 12.5 Å². The zero-order valence-corrected chi connectivity index (χ0v) is 6.48. The fraction of sp³-hybridized carbons (Fsp3) is 0.500. The minimum absolute atomic E-state index is 0.00634. The van der Waals surface area contributed by atoms with Crippen molar-refractivity contribution in [2.24, 2.45) is 0 Å². The van der Waals surface area contributed by atoms with Gasteiger partial charge in [-0.2, -0.15) is 0 Å². The topological polar surface area (TPSA) is 35.5 Å². The molecule has 58 valence electrons. The quantitative estimate of drug-likeness (QED) is 0.357. The van der Waals surface area contributed by atoms with Crippen molar-refractivity contribution in [1.29, 1.82) is 0 Å². The predicted molar refractivity (Wildman–Crippen MR) is 37.6 cm³/mol. The van der Waals surface area contributed by atoms with Crippen LogP contribution in [0.4, 0.5) is 0 Å². The number of esters is 1. The number of hydrogen-bond donors (Lipinski definition) is 0. The standard InChI is InChI=1S/C6H9ClO3/c1-3-9-5(2)10-6(8)4-7/h2-4H2,1H3. The first kappa shape index (κ1) is 9.30. The molecule has 0 atom stereocenters. The van der Waals surface area contributed by atoms with Crippen LogP contribution in [0.1, 0.15) is 6.92 Å². The average molecular weight is 165 g/mol. The first-order valence-electron chi connectivity index (χ1n) is 2.79. The predicted octanol–water partition coefficient (Wildman–Crippen LogP) is 1.28. The fourth-order valence-corrected chi connectivity index (χ4v) is 0.399. The lowest BCUT2D eigenvalue weighted by Gasteiger charge is -2.04. The maximum atomic E-state index is 10.4. The molecule has 0 aromatic rings. The van der Waals surface area contributed by atoms with E-state index in [0.29, 0.717) is 6.61 Å². The van der Waals surface area contributed by atoms with Gasteiger partial charge in [0.1, 0.15) is 5.88 Å². The van der Waals surface area contributed by atoms with Crippen LogP contribution in [0.5, 0.6) is 0 Å². The summed E-state index contributed by atoms with van der Waals surface area (Å²) in [6, 6.07) is 0. The van der Waals surface area contributed by atoms with Crippen LogP contribution < -0.4 is 0 Å². The normalized spacial score (nSPS) is 8.60. The van der Waals surface area contributed by atoms with Gasteiger partial charge < -0.3 is 9.47 Å². The first-order chi connectivity index (χ1) is 4.70. The van der Waals surface area contributed by atoms with Crippen molar-refractivity contribution in [1.82, 2.24) is 0 Å². The number of rotatable bonds is 4. The largest absolute Gasteiger partial charge is 0.466 e. The van der Waals surface area contributed by atoms with Gasteiger partial charge in [0.15, 0.2) is 0 Å². The molecule has 0 aromatic heterocycles. The summed E-state index contributed by atoms with van der Waals surface area (Å²) >= 11 is 5.13. The number of carbonyl (C=O) groups excluding carboxylic acids is 1. The summed E-state index contributed by atoms with van der Waals surface area (Å²) in [7, 11) is 0. The first-order valence-corrected chi connectivity index (χ1v) is 3.32. The van der Waals surface area contributed by atoms with Gasteiger partial charge in [-0.05, 0) is 13.5 Å². The van der Waals surface area contributed by atoms with Gasteiger partial charge in [-0.3, -0.25) is 4.79 Å². The third kappa shape index (κ3) is 4.21. The van der Waals surface area contributed by atoms with Gasteiger partial charge >= 0.3 is 5.97 Å². The smallest absolute Gasteiger partial charge is 0.328 e. The van der Waals surface area contributed by atoms with E-state index in [2.05, 4.69) is 11.3 Å². The average Bonchev–Trinajstić information content (AvgIpc) is 1.88. The van der Waals surface area contributed by atoms with Crippen LogP contribution in [0.2, 0.25) is 0 Å². The van der Waals surface area contributed by atoms with Crippen LogP contribution in [0.15, 0.2) is 12.5 Å². The fourth-order valence-electron chi connectivity index (χ4n) is 0.345. The molecule has 4 heteroatoms. The second-order valence-corrected chi connectivity index (χ2v) is 1.68. The maximum Gasteiger partial charge on any atom is 0.328 e. The van der Waals surface area contributed by atoms with Crippen molar-refractivity contribution >= 4 is 17.6 Å². The second-order valence-electron chi connectivity index (χ2n) is 1.41. The van der Waals surface area contributed by atoms with Gasteiger partial charge in [0.25, 0.3) is 5.95 Å². The van der Waals surface area contributed by atoms with E-state index < -0.39 is 5.97 Å². The summed E-state index contributed by atoms with van der Waals surface area (Å²) in [6.45, 7) is 5.50. The van der Waals surface area contributed by atoms with Crippen LogP contribution in [-0.4, -0.2) is 18.5 Å². The Kier molecular flexibility index (Phi) is 4.76. The highest BCUT2D eigenvalue weighted by molar-refractivity contribution is 6.26. The van der Waals surface area contributed by atoms with Gasteiger partial charge in [-0.1, -0.05) is 0 Å². The molecule has 0 spiro atoms. The lowest BCUT2D eigenvalue weighted by atomic mass is 10.8. The molecular formula is C6H9ClO3. The van der Waals surface area contributed by atoms with E-state index in [9.17, 15) is 4.79 Å². The Balaban J connectivity index is 3.47. The van der Waals surface area contributed by atoms with E-state index in [1.807, 2.05) is 0 Å². The zero-order chi connectivity index (χ0) is 7.98. The van der Waals surface area contributed by atoms with E-state index in [-0.39, 0.29) is 11.8 Å². The van der Waals surface area contributed by atoms with Crippen LogP contribution in [0.3, 0.4) is 0 Å². The monoisotopic (exact) mass is 164 g/mol. The van der Waals surface area contributed by atoms with Crippen molar-refractivity contribution in [3.05, 3.63) is 12.5 Å². The highest BCUT2D eigenvalue weighted by atomic mass is 35.5. The third-order valence-electron chi connectivity index (χ3n) is 0.642. The summed E-state index contributed by atoms with van der Waals surface area (Å²) in [4.78, 5) is 10.4. The number of alkyl halides is 1. The molecule has 0 rings (SSSR count). The molecule has 0 aliphatic carbocycles. The Morgan fingerprint density at radius 1 is 1.70 bits per heavy atom. The van der Waals surface area contributed by atoms with E-state index in [0.717, 1.165) is 0 Å². The van der Waals surface area contributed by atoms with E-state index in [4.69, 9.17) is 16.3 Å². The van der Waals surface area contributed by atoms with Gasteiger partial charge in [0.05, 0.1) is 6.61 Å². The summed E-state index contributed by atoms with van der Waals surface area (Å²) < 4.78 is 9.17. The number of hydrogen-bond acceptors (Lipinski definition) is 3. The SMILES string of the molecule is C=C(OCC)OC(=O)CCl. The molecule has 3 nitrogen and oxygen atoms in total. The van der Waals surface area contributed by atoms with Crippen molar-refractivity contribution in [3.63, 3.8) is 0 Å². The molecule has 0 amide bonds. The Bertz CT molecular complexity index is 133. The number of ether oxygens (including phenoxy) is 2. The van der Waals surface area contributed by atoms with Gasteiger partial charge in [0, 0.05) is 0 Å². The molecule has 0 fully saturated rings. The molecule has 0 aromatic carbocycles. The Morgan fingerprint density at radius 3 is 2.70 bits per heavy atom. The number of carbonyl (C=O) groups is 1. The van der Waals surface area contributed by atoms with Crippen LogP contribution in [-0.2, 0) is 14.3 Å². The molecule has 10 heavy (non-hydrogen) atoms. The molecule has 0 unspecified atom stereocenters. The van der Waals surface area contributed by atoms with Crippen LogP contribution in [0.25, 0.3) is 0 Å². The highest BCUT2D eigenvalue weighted by Crippen LogP contribution is 1.96. The Morgan fingerprint density at radius 2 is 2.30 bits per heavy atom. The molecule has 0 heterocycles. The summed E-state index contributed by atoms with van der Waals surface area (Å²) in [5.74, 6) is -0.750. The number of halogens is 1. The lowest BCUT2D eigenvalue weighted by Crippen LogP contribution is -2.06. The molecule has 0 saturated heterocycles. The lowest BCUT2D eigenvalue weighted by molar-refractivity contribution is -0.141. The summed E-state index contributed by atoms with van der Waals surface area (Å²) in [6.07, 6.45) is 0. The third-order valence-corrected chi connectivity index (χ3v) is 0.860.